The molecule has 0 aliphatic carbocycles. The Bertz CT molecular complexity index is 698. The number of ether oxygens (including phenoxy) is 1. The van der Waals surface area contributed by atoms with Gasteiger partial charge in [0, 0.05) is 5.02 Å². The van der Waals surface area contributed by atoms with Crippen molar-refractivity contribution in [2.75, 3.05) is 6.61 Å². The Morgan fingerprint density at radius 3 is 2.43 bits per heavy atom. The molecule has 0 aromatic heterocycles. The molecule has 0 aliphatic heterocycles. The van der Waals surface area contributed by atoms with E-state index in [1.807, 2.05) is 38.1 Å². The topological polar surface area (TPSA) is 55.4 Å². The summed E-state index contributed by atoms with van der Waals surface area (Å²) in [6.07, 6.45) is 0. The first kappa shape index (κ1) is 17.0. The molecule has 0 unspecified atom stereocenters. The van der Waals surface area contributed by atoms with Gasteiger partial charge in [-0.3, -0.25) is 4.79 Å². The summed E-state index contributed by atoms with van der Waals surface area (Å²) >= 11 is 5.83. The third-order valence-corrected chi connectivity index (χ3v) is 3.70. The zero-order chi connectivity index (χ0) is 16.8. The summed E-state index contributed by atoms with van der Waals surface area (Å²) in [4.78, 5) is 23.8. The second-order valence-corrected chi connectivity index (χ2v) is 5.67. The first-order chi connectivity index (χ1) is 11.0. The van der Waals surface area contributed by atoms with E-state index < -0.39 is 5.97 Å². The third kappa shape index (κ3) is 4.83. The molecule has 120 valence electrons. The predicted octanol–water partition coefficient (Wildman–Crippen LogP) is 3.68. The Balaban J connectivity index is 1.86. The summed E-state index contributed by atoms with van der Waals surface area (Å²) in [7, 11) is 0. The van der Waals surface area contributed by atoms with Crippen molar-refractivity contribution in [2.24, 2.45) is 0 Å². The number of halogens is 1. The maximum Gasteiger partial charge on any atom is 0.338 e. The van der Waals surface area contributed by atoms with Crippen LogP contribution in [0.15, 0.2) is 48.5 Å². The van der Waals surface area contributed by atoms with Crippen LogP contribution in [0.2, 0.25) is 5.02 Å². The highest BCUT2D eigenvalue weighted by Gasteiger charge is 2.14. The minimum absolute atomic E-state index is 0.197. The fourth-order valence-corrected chi connectivity index (χ4v) is 2.25. The first-order valence-corrected chi connectivity index (χ1v) is 7.62. The fourth-order valence-electron chi connectivity index (χ4n) is 2.13. The molecule has 0 radical (unpaired) electrons. The Kier molecular flexibility index (Phi) is 5.77. The van der Waals surface area contributed by atoms with Crippen LogP contribution in [0.3, 0.4) is 0 Å². The van der Waals surface area contributed by atoms with Gasteiger partial charge in [0.15, 0.2) is 6.61 Å². The van der Waals surface area contributed by atoms with Crippen molar-refractivity contribution in [3.63, 3.8) is 0 Å². The van der Waals surface area contributed by atoms with E-state index in [9.17, 15) is 9.59 Å². The van der Waals surface area contributed by atoms with Crippen molar-refractivity contribution in [1.82, 2.24) is 5.32 Å². The zero-order valence-corrected chi connectivity index (χ0v) is 13.8. The van der Waals surface area contributed by atoms with Crippen molar-refractivity contribution in [3.05, 3.63) is 70.2 Å². The van der Waals surface area contributed by atoms with Crippen LogP contribution < -0.4 is 5.32 Å². The van der Waals surface area contributed by atoms with E-state index in [0.717, 1.165) is 11.1 Å². The van der Waals surface area contributed by atoms with Gasteiger partial charge in [0.25, 0.3) is 5.91 Å². The summed E-state index contributed by atoms with van der Waals surface area (Å²) < 4.78 is 5.05. The van der Waals surface area contributed by atoms with Crippen molar-refractivity contribution >= 4 is 23.5 Å². The Morgan fingerprint density at radius 2 is 1.78 bits per heavy atom. The van der Waals surface area contributed by atoms with Crippen LogP contribution >= 0.6 is 11.6 Å². The van der Waals surface area contributed by atoms with Gasteiger partial charge < -0.3 is 10.1 Å². The van der Waals surface area contributed by atoms with Gasteiger partial charge >= 0.3 is 5.97 Å². The van der Waals surface area contributed by atoms with Crippen LogP contribution in [0.4, 0.5) is 0 Å². The number of carbonyl (C=O) groups excluding carboxylic acids is 2. The average Bonchev–Trinajstić information content (AvgIpc) is 2.53. The summed E-state index contributed by atoms with van der Waals surface area (Å²) in [5, 5.41) is 3.42. The molecule has 0 bridgehead atoms. The lowest BCUT2D eigenvalue weighted by Crippen LogP contribution is -2.31. The molecule has 23 heavy (non-hydrogen) atoms. The van der Waals surface area contributed by atoms with Crippen molar-refractivity contribution < 1.29 is 14.3 Å². The number of carbonyl (C=O) groups is 2. The van der Waals surface area contributed by atoms with Crippen LogP contribution in [-0.4, -0.2) is 18.5 Å². The molecule has 1 atom stereocenters. The third-order valence-electron chi connectivity index (χ3n) is 3.45. The molecule has 0 fully saturated rings. The minimum atomic E-state index is -0.502. The lowest BCUT2D eigenvalue weighted by molar-refractivity contribution is -0.124. The molecule has 0 spiro atoms. The van der Waals surface area contributed by atoms with Crippen LogP contribution in [0.5, 0.6) is 0 Å². The monoisotopic (exact) mass is 331 g/mol. The molecule has 2 aromatic carbocycles. The van der Waals surface area contributed by atoms with Gasteiger partial charge in [0.2, 0.25) is 0 Å². The molecule has 0 aliphatic rings. The van der Waals surface area contributed by atoms with E-state index in [2.05, 4.69) is 5.32 Å². The fraction of sp³-hybridized carbons (Fsp3) is 0.222. The lowest BCUT2D eigenvalue weighted by atomic mass is 10.1. The largest absolute Gasteiger partial charge is 0.452 e. The van der Waals surface area contributed by atoms with E-state index in [1.165, 1.54) is 0 Å². The predicted molar refractivity (Wildman–Crippen MR) is 89.5 cm³/mol. The highest BCUT2D eigenvalue weighted by molar-refractivity contribution is 6.30. The molecule has 0 saturated carbocycles. The summed E-state index contributed by atoms with van der Waals surface area (Å²) in [6, 6.07) is 14.1. The van der Waals surface area contributed by atoms with Gasteiger partial charge in [-0.1, -0.05) is 41.9 Å². The summed E-state index contributed by atoms with van der Waals surface area (Å²) in [5.41, 5.74) is 2.20. The van der Waals surface area contributed by atoms with Gasteiger partial charge in [0.1, 0.15) is 0 Å². The van der Waals surface area contributed by atoms with Gasteiger partial charge in [0.05, 0.1) is 11.6 Å². The van der Waals surface area contributed by atoms with E-state index in [0.29, 0.717) is 10.6 Å². The number of benzene rings is 2. The molecule has 5 heteroatoms. The molecule has 2 aromatic rings. The number of esters is 1. The Morgan fingerprint density at radius 1 is 1.13 bits per heavy atom. The number of hydrogen-bond acceptors (Lipinski definition) is 3. The van der Waals surface area contributed by atoms with E-state index in [-0.39, 0.29) is 18.6 Å². The standard InChI is InChI=1S/C18H18ClNO3/c1-12-5-3-4-6-16(12)18(22)23-11-17(21)20-13(2)14-7-9-15(19)10-8-14/h3-10,13H,11H2,1-2H3,(H,20,21)/t13-/m0/s1. The van der Waals surface area contributed by atoms with E-state index >= 15 is 0 Å². The summed E-state index contributed by atoms with van der Waals surface area (Å²) in [5.74, 6) is -0.855. The van der Waals surface area contributed by atoms with Gasteiger partial charge in [-0.2, -0.15) is 0 Å². The number of aryl methyl sites for hydroxylation is 1. The Hall–Kier alpha value is -2.33. The minimum Gasteiger partial charge on any atom is -0.452 e. The van der Waals surface area contributed by atoms with Crippen LogP contribution in [0.25, 0.3) is 0 Å². The molecule has 0 heterocycles. The van der Waals surface area contributed by atoms with Crippen molar-refractivity contribution in [1.29, 1.82) is 0 Å². The average molecular weight is 332 g/mol. The second-order valence-electron chi connectivity index (χ2n) is 5.23. The SMILES string of the molecule is Cc1ccccc1C(=O)OCC(=O)N[C@@H](C)c1ccc(Cl)cc1. The summed E-state index contributed by atoms with van der Waals surface area (Å²) in [6.45, 7) is 3.36. The van der Waals surface area contributed by atoms with Gasteiger partial charge in [-0.05, 0) is 43.2 Å². The number of rotatable bonds is 5. The zero-order valence-electron chi connectivity index (χ0n) is 13.0. The first-order valence-electron chi connectivity index (χ1n) is 7.25. The molecule has 2 rings (SSSR count). The quantitative estimate of drug-likeness (QED) is 0.850. The van der Waals surface area contributed by atoms with Crippen LogP contribution in [0, 0.1) is 6.92 Å². The molecule has 1 N–H and O–H groups in total. The molecular formula is C18H18ClNO3. The van der Waals surface area contributed by atoms with Gasteiger partial charge in [-0.25, -0.2) is 4.79 Å². The van der Waals surface area contributed by atoms with Crippen molar-refractivity contribution in [2.45, 2.75) is 19.9 Å². The smallest absolute Gasteiger partial charge is 0.338 e. The molecular weight excluding hydrogens is 314 g/mol. The molecule has 4 nitrogen and oxygen atoms in total. The van der Waals surface area contributed by atoms with Gasteiger partial charge in [-0.15, -0.1) is 0 Å². The van der Waals surface area contributed by atoms with E-state index in [1.54, 1.807) is 24.3 Å². The maximum atomic E-state index is 11.9. The number of nitrogens with one attached hydrogen (secondary N) is 1. The lowest BCUT2D eigenvalue weighted by Gasteiger charge is -2.14. The molecule has 1 amide bonds. The maximum absolute atomic E-state index is 11.9. The highest BCUT2D eigenvalue weighted by Crippen LogP contribution is 2.16. The molecule has 0 saturated heterocycles. The van der Waals surface area contributed by atoms with Crippen LogP contribution in [0.1, 0.15) is 34.5 Å². The number of amides is 1. The van der Waals surface area contributed by atoms with Crippen LogP contribution in [-0.2, 0) is 9.53 Å². The van der Waals surface area contributed by atoms with E-state index in [4.69, 9.17) is 16.3 Å². The second kappa shape index (κ2) is 7.79. The van der Waals surface area contributed by atoms with Crippen molar-refractivity contribution in [3.8, 4) is 0 Å². The normalized spacial score (nSPS) is 11.6. The number of hydrogen-bond donors (Lipinski definition) is 1. The highest BCUT2D eigenvalue weighted by atomic mass is 35.5. The Labute approximate surface area is 140 Å².